The van der Waals surface area contributed by atoms with E-state index in [1.165, 1.54) is 21.7 Å². The molecule has 2 aromatic carbocycles. The lowest BCUT2D eigenvalue weighted by molar-refractivity contribution is -0.914. The van der Waals surface area contributed by atoms with Crippen molar-refractivity contribution in [2.75, 3.05) is 36.4 Å². The van der Waals surface area contributed by atoms with E-state index in [0.717, 1.165) is 43.0 Å². The maximum Gasteiger partial charge on any atom is 0.282 e. The van der Waals surface area contributed by atoms with Gasteiger partial charge in [0.15, 0.2) is 6.04 Å². The fourth-order valence-corrected chi connectivity index (χ4v) is 3.97. The highest BCUT2D eigenvalue weighted by atomic mass is 16.2. The topological polar surface area (TPSA) is 36.8 Å². The quantitative estimate of drug-likeness (QED) is 0.873. The van der Waals surface area contributed by atoms with Crippen LogP contribution in [0.15, 0.2) is 36.4 Å². The van der Waals surface area contributed by atoms with Crippen LogP contribution >= 0.6 is 0 Å². The first-order chi connectivity index (χ1) is 12.9. The summed E-state index contributed by atoms with van der Waals surface area (Å²) >= 11 is 0. The number of para-hydroxylation sites is 1. The Morgan fingerprint density at radius 1 is 0.963 bits per heavy atom. The molecule has 3 rings (SSSR count). The van der Waals surface area contributed by atoms with Crippen LogP contribution in [-0.4, -0.2) is 38.1 Å². The molecule has 4 nitrogen and oxygen atoms in total. The van der Waals surface area contributed by atoms with Crippen LogP contribution < -0.4 is 15.1 Å². The highest BCUT2D eigenvalue weighted by Crippen LogP contribution is 2.23. The van der Waals surface area contributed by atoms with Gasteiger partial charge in [-0.3, -0.25) is 4.79 Å². The summed E-state index contributed by atoms with van der Waals surface area (Å²) < 4.78 is 0. The molecular formula is C23H32N3O+. The van der Waals surface area contributed by atoms with E-state index in [4.69, 9.17) is 0 Å². The largest absolute Gasteiger partial charge is 0.360 e. The van der Waals surface area contributed by atoms with Gasteiger partial charge in [-0.25, -0.2) is 0 Å². The summed E-state index contributed by atoms with van der Waals surface area (Å²) in [4.78, 5) is 16.6. The summed E-state index contributed by atoms with van der Waals surface area (Å²) in [5.41, 5.74) is 7.23. The second-order valence-electron chi connectivity index (χ2n) is 7.84. The van der Waals surface area contributed by atoms with Gasteiger partial charge in [-0.15, -0.1) is 0 Å². The predicted molar refractivity (Wildman–Crippen MR) is 113 cm³/mol. The molecule has 2 aromatic rings. The molecule has 0 bridgehead atoms. The Labute approximate surface area is 163 Å². The summed E-state index contributed by atoms with van der Waals surface area (Å²) in [5, 5.41) is 3.16. The molecular weight excluding hydrogens is 334 g/mol. The number of aryl methyl sites for hydroxylation is 3. The molecule has 0 spiro atoms. The van der Waals surface area contributed by atoms with E-state index < -0.39 is 0 Å². The highest BCUT2D eigenvalue weighted by molar-refractivity contribution is 5.95. The Morgan fingerprint density at radius 2 is 1.52 bits per heavy atom. The van der Waals surface area contributed by atoms with Gasteiger partial charge in [0.2, 0.25) is 0 Å². The summed E-state index contributed by atoms with van der Waals surface area (Å²) in [6.45, 7) is 14.4. The molecule has 2 N–H and O–H groups in total. The van der Waals surface area contributed by atoms with Gasteiger partial charge in [0.05, 0.1) is 26.2 Å². The van der Waals surface area contributed by atoms with Crippen molar-refractivity contribution in [3.05, 3.63) is 58.7 Å². The molecule has 1 aliphatic heterocycles. The van der Waals surface area contributed by atoms with Crippen molar-refractivity contribution in [1.29, 1.82) is 0 Å². The molecule has 0 radical (unpaired) electrons. The van der Waals surface area contributed by atoms with E-state index in [-0.39, 0.29) is 11.9 Å². The minimum atomic E-state index is -0.0511. The number of piperazine rings is 1. The lowest BCUT2D eigenvalue weighted by Crippen LogP contribution is -3.19. The van der Waals surface area contributed by atoms with Crippen molar-refractivity contribution in [2.24, 2.45) is 0 Å². The van der Waals surface area contributed by atoms with Gasteiger partial charge in [0.25, 0.3) is 5.91 Å². The van der Waals surface area contributed by atoms with Crippen molar-refractivity contribution in [2.45, 2.75) is 40.7 Å². The number of hydrogen-bond donors (Lipinski definition) is 2. The average Bonchev–Trinajstić information content (AvgIpc) is 2.66. The Balaban J connectivity index is 1.62. The second-order valence-corrected chi connectivity index (χ2v) is 7.84. The van der Waals surface area contributed by atoms with Crippen LogP contribution in [0.4, 0.5) is 11.4 Å². The summed E-state index contributed by atoms with van der Waals surface area (Å²) in [6.07, 6.45) is 0. The zero-order valence-electron chi connectivity index (χ0n) is 17.2. The normalized spacial score (nSPS) is 16.3. The van der Waals surface area contributed by atoms with Crippen LogP contribution in [0.2, 0.25) is 0 Å². The van der Waals surface area contributed by atoms with Crippen LogP contribution in [0.1, 0.15) is 29.2 Å². The summed E-state index contributed by atoms with van der Waals surface area (Å²) in [5.74, 6) is 0.114. The van der Waals surface area contributed by atoms with Crippen LogP contribution in [-0.2, 0) is 4.79 Å². The second kappa shape index (κ2) is 8.13. The van der Waals surface area contributed by atoms with Crippen LogP contribution in [0.5, 0.6) is 0 Å². The van der Waals surface area contributed by atoms with Crippen LogP contribution in [0, 0.1) is 27.7 Å². The first kappa shape index (κ1) is 19.4. The van der Waals surface area contributed by atoms with Gasteiger partial charge in [0.1, 0.15) is 0 Å². The number of nitrogens with one attached hydrogen (secondary N) is 2. The third-order valence-electron chi connectivity index (χ3n) is 6.06. The molecule has 1 heterocycles. The molecule has 27 heavy (non-hydrogen) atoms. The van der Waals surface area contributed by atoms with Crippen molar-refractivity contribution in [3.8, 4) is 0 Å². The van der Waals surface area contributed by atoms with E-state index >= 15 is 0 Å². The first-order valence-corrected chi connectivity index (χ1v) is 9.91. The molecule has 1 atom stereocenters. The van der Waals surface area contributed by atoms with Gasteiger partial charge >= 0.3 is 0 Å². The van der Waals surface area contributed by atoms with Crippen molar-refractivity contribution < 1.29 is 9.69 Å². The minimum absolute atomic E-state index is 0.0511. The molecule has 1 saturated heterocycles. The highest BCUT2D eigenvalue weighted by Gasteiger charge is 2.30. The van der Waals surface area contributed by atoms with Gasteiger partial charge in [-0.05, 0) is 62.9 Å². The Bertz CT molecular complexity index is 802. The molecule has 1 aliphatic rings. The number of hydrogen-bond acceptors (Lipinski definition) is 2. The Morgan fingerprint density at radius 3 is 2.15 bits per heavy atom. The number of nitrogens with zero attached hydrogens (tertiary/aromatic N) is 1. The number of rotatable bonds is 4. The summed E-state index contributed by atoms with van der Waals surface area (Å²) in [6, 6.07) is 12.6. The Kier molecular flexibility index (Phi) is 5.85. The third kappa shape index (κ3) is 4.16. The molecule has 0 aliphatic carbocycles. The molecule has 0 unspecified atom stereocenters. The van der Waals surface area contributed by atoms with E-state index in [9.17, 15) is 4.79 Å². The number of amides is 1. The molecule has 0 aromatic heterocycles. The molecule has 144 valence electrons. The maximum atomic E-state index is 12.8. The lowest BCUT2D eigenvalue weighted by atomic mass is 10.1. The van der Waals surface area contributed by atoms with Crippen molar-refractivity contribution in [1.82, 2.24) is 0 Å². The van der Waals surface area contributed by atoms with E-state index in [0.29, 0.717) is 0 Å². The number of anilines is 2. The fourth-order valence-electron chi connectivity index (χ4n) is 3.97. The van der Waals surface area contributed by atoms with Gasteiger partial charge in [-0.1, -0.05) is 30.3 Å². The van der Waals surface area contributed by atoms with Crippen LogP contribution in [0.25, 0.3) is 0 Å². The number of carbonyl (C=O) groups is 1. The van der Waals surface area contributed by atoms with E-state index in [1.807, 2.05) is 39.0 Å². The fraction of sp³-hybridized carbons (Fsp3) is 0.435. The average molecular weight is 367 g/mol. The third-order valence-corrected chi connectivity index (χ3v) is 6.06. The zero-order chi connectivity index (χ0) is 19.6. The van der Waals surface area contributed by atoms with Crippen LogP contribution in [0.3, 0.4) is 0 Å². The van der Waals surface area contributed by atoms with Gasteiger partial charge < -0.3 is 15.1 Å². The predicted octanol–water partition coefficient (Wildman–Crippen LogP) is 2.65. The van der Waals surface area contributed by atoms with Gasteiger partial charge in [-0.2, -0.15) is 0 Å². The maximum absolute atomic E-state index is 12.8. The molecule has 1 fully saturated rings. The molecule has 1 amide bonds. The Hall–Kier alpha value is -2.33. The molecule has 0 saturated carbocycles. The number of benzene rings is 2. The number of quaternary nitrogens is 1. The zero-order valence-corrected chi connectivity index (χ0v) is 17.2. The monoisotopic (exact) mass is 366 g/mol. The minimum Gasteiger partial charge on any atom is -0.360 e. The summed E-state index contributed by atoms with van der Waals surface area (Å²) in [7, 11) is 0. The first-order valence-electron chi connectivity index (χ1n) is 9.91. The van der Waals surface area contributed by atoms with Gasteiger partial charge in [0, 0.05) is 11.4 Å². The van der Waals surface area contributed by atoms with Crippen molar-refractivity contribution in [3.63, 3.8) is 0 Å². The standard InChI is InChI=1S/C23H31N3O/c1-16-8-7-11-21(19(16)4)26-14-12-25(13-15-26)20(5)23(27)24-22-17(2)9-6-10-18(22)3/h6-11,20H,12-15H2,1-5H3,(H,24,27)/p+1/t20-/m0/s1. The smallest absolute Gasteiger partial charge is 0.282 e. The molecule has 4 heteroatoms. The van der Waals surface area contributed by atoms with E-state index in [1.54, 1.807) is 0 Å². The lowest BCUT2D eigenvalue weighted by Gasteiger charge is -2.36. The van der Waals surface area contributed by atoms with E-state index in [2.05, 4.69) is 42.3 Å². The SMILES string of the molecule is Cc1cccc(N2CC[NH+]([C@@H](C)C(=O)Nc3c(C)cccc3C)CC2)c1C. The van der Waals surface area contributed by atoms with Crippen molar-refractivity contribution >= 4 is 17.3 Å². The number of carbonyl (C=O) groups excluding carboxylic acids is 1.